The number of rotatable bonds is 7. The zero-order chi connectivity index (χ0) is 22.3. The molecule has 2 aromatic carbocycles. The second kappa shape index (κ2) is 10.2. The van der Waals surface area contributed by atoms with Gasteiger partial charge in [0, 0.05) is 37.6 Å². The first kappa shape index (κ1) is 21.7. The number of hydrogen-bond donors (Lipinski definition) is 1. The zero-order valence-electron chi connectivity index (χ0n) is 17.8. The SMILES string of the molecule is O=C(Cn1c(=O)ccn(Cc2ccccc2)c1=O)Nc1ccc(CN2CCOCC2)cc1. The summed E-state index contributed by atoms with van der Waals surface area (Å²) in [5, 5.41) is 2.76. The van der Waals surface area contributed by atoms with Gasteiger partial charge in [-0.3, -0.25) is 23.6 Å². The van der Waals surface area contributed by atoms with Crippen LogP contribution in [-0.2, 0) is 29.2 Å². The molecule has 1 amide bonds. The second-order valence-corrected chi connectivity index (χ2v) is 7.77. The molecule has 1 fully saturated rings. The minimum atomic E-state index is -0.516. The maximum Gasteiger partial charge on any atom is 0.331 e. The summed E-state index contributed by atoms with van der Waals surface area (Å²) in [7, 11) is 0. The van der Waals surface area contributed by atoms with Crippen molar-refractivity contribution in [3.63, 3.8) is 0 Å². The smallest absolute Gasteiger partial charge is 0.331 e. The Morgan fingerprint density at radius 3 is 2.28 bits per heavy atom. The van der Waals surface area contributed by atoms with E-state index in [1.807, 2.05) is 54.6 Å². The molecule has 1 aliphatic rings. The van der Waals surface area contributed by atoms with Gasteiger partial charge in [-0.1, -0.05) is 42.5 Å². The van der Waals surface area contributed by atoms with Crippen LogP contribution in [0.1, 0.15) is 11.1 Å². The molecular weight excluding hydrogens is 408 g/mol. The molecule has 1 N–H and O–H groups in total. The number of ether oxygens (including phenoxy) is 1. The van der Waals surface area contributed by atoms with Crippen LogP contribution in [0.3, 0.4) is 0 Å². The molecule has 0 saturated carbocycles. The Morgan fingerprint density at radius 2 is 1.56 bits per heavy atom. The van der Waals surface area contributed by atoms with Gasteiger partial charge in [-0.25, -0.2) is 4.79 Å². The van der Waals surface area contributed by atoms with Crippen LogP contribution in [-0.4, -0.2) is 46.2 Å². The Bertz CT molecular complexity index is 1160. The number of nitrogens with zero attached hydrogens (tertiary/aromatic N) is 3. The third-order valence-electron chi connectivity index (χ3n) is 5.38. The molecule has 0 aliphatic carbocycles. The highest BCUT2D eigenvalue weighted by atomic mass is 16.5. The predicted octanol–water partition coefficient (Wildman–Crippen LogP) is 1.53. The van der Waals surface area contributed by atoms with Crippen LogP contribution in [0.25, 0.3) is 0 Å². The minimum absolute atomic E-state index is 0.326. The molecule has 0 spiro atoms. The molecule has 4 rings (SSSR count). The largest absolute Gasteiger partial charge is 0.379 e. The van der Waals surface area contributed by atoms with E-state index in [9.17, 15) is 14.4 Å². The molecule has 2 heterocycles. The van der Waals surface area contributed by atoms with Crippen molar-refractivity contribution in [3.05, 3.63) is 98.8 Å². The van der Waals surface area contributed by atoms with Crippen molar-refractivity contribution in [2.45, 2.75) is 19.6 Å². The van der Waals surface area contributed by atoms with Crippen LogP contribution in [0, 0.1) is 0 Å². The first-order chi connectivity index (χ1) is 15.6. The highest BCUT2D eigenvalue weighted by Gasteiger charge is 2.12. The lowest BCUT2D eigenvalue weighted by Crippen LogP contribution is -2.41. The van der Waals surface area contributed by atoms with Crippen LogP contribution in [0.2, 0.25) is 0 Å². The number of aromatic nitrogens is 2. The normalized spacial score (nSPS) is 14.2. The van der Waals surface area contributed by atoms with Crippen LogP contribution in [0.5, 0.6) is 0 Å². The lowest BCUT2D eigenvalue weighted by Gasteiger charge is -2.26. The molecular formula is C24H26N4O4. The first-order valence-corrected chi connectivity index (χ1v) is 10.6. The number of nitrogens with one attached hydrogen (secondary N) is 1. The maximum atomic E-state index is 12.7. The summed E-state index contributed by atoms with van der Waals surface area (Å²) < 4.78 is 7.74. The lowest BCUT2D eigenvalue weighted by molar-refractivity contribution is -0.116. The van der Waals surface area contributed by atoms with Gasteiger partial charge in [0.25, 0.3) is 5.56 Å². The van der Waals surface area contributed by atoms with Crippen molar-refractivity contribution in [3.8, 4) is 0 Å². The molecule has 0 atom stereocenters. The number of morpholine rings is 1. The average Bonchev–Trinajstić information content (AvgIpc) is 2.81. The van der Waals surface area contributed by atoms with Crippen molar-refractivity contribution >= 4 is 11.6 Å². The topological polar surface area (TPSA) is 85.6 Å². The molecule has 1 aliphatic heterocycles. The number of carbonyl (C=O) groups is 1. The van der Waals surface area contributed by atoms with Crippen LogP contribution in [0.4, 0.5) is 5.69 Å². The average molecular weight is 434 g/mol. The summed E-state index contributed by atoms with van der Waals surface area (Å²) >= 11 is 0. The fourth-order valence-corrected chi connectivity index (χ4v) is 3.66. The van der Waals surface area contributed by atoms with E-state index in [0.29, 0.717) is 12.2 Å². The fraction of sp³-hybridized carbons (Fsp3) is 0.292. The molecule has 0 unspecified atom stereocenters. The molecule has 1 aromatic heterocycles. The highest BCUT2D eigenvalue weighted by Crippen LogP contribution is 2.12. The summed E-state index contributed by atoms with van der Waals surface area (Å²) in [5.41, 5.74) is 1.68. The Kier molecular flexibility index (Phi) is 6.94. The van der Waals surface area contributed by atoms with Crippen LogP contribution in [0.15, 0.2) is 76.4 Å². The van der Waals surface area contributed by atoms with Crippen LogP contribution < -0.4 is 16.6 Å². The van der Waals surface area contributed by atoms with Gasteiger partial charge >= 0.3 is 5.69 Å². The number of benzene rings is 2. The quantitative estimate of drug-likeness (QED) is 0.610. The predicted molar refractivity (Wildman–Crippen MR) is 122 cm³/mol. The van der Waals surface area contributed by atoms with E-state index in [4.69, 9.17) is 4.74 Å². The van der Waals surface area contributed by atoms with Crippen molar-refractivity contribution in [1.29, 1.82) is 0 Å². The zero-order valence-corrected chi connectivity index (χ0v) is 17.8. The molecule has 0 radical (unpaired) electrons. The molecule has 166 valence electrons. The first-order valence-electron chi connectivity index (χ1n) is 10.6. The molecule has 1 saturated heterocycles. The van der Waals surface area contributed by atoms with E-state index in [1.54, 1.807) is 0 Å². The third-order valence-corrected chi connectivity index (χ3v) is 5.38. The lowest BCUT2D eigenvalue weighted by atomic mass is 10.2. The highest BCUT2D eigenvalue weighted by molar-refractivity contribution is 5.90. The maximum absolute atomic E-state index is 12.7. The van der Waals surface area contributed by atoms with Gasteiger partial charge in [0.05, 0.1) is 19.8 Å². The van der Waals surface area contributed by atoms with Gasteiger partial charge in [-0.2, -0.15) is 0 Å². The van der Waals surface area contributed by atoms with E-state index < -0.39 is 17.2 Å². The molecule has 0 bridgehead atoms. The standard InChI is InChI=1S/C24H26N4O4/c29-22(25-21-8-6-20(7-9-21)16-26-12-14-32-15-13-26)18-28-23(30)10-11-27(24(28)31)17-19-4-2-1-3-5-19/h1-11H,12-18H2,(H,25,29). The van der Waals surface area contributed by atoms with E-state index in [1.165, 1.54) is 16.8 Å². The Morgan fingerprint density at radius 1 is 0.875 bits per heavy atom. The fourth-order valence-electron chi connectivity index (χ4n) is 3.66. The van der Waals surface area contributed by atoms with E-state index in [-0.39, 0.29) is 6.54 Å². The third kappa shape index (κ3) is 5.60. The van der Waals surface area contributed by atoms with Crippen LogP contribution >= 0.6 is 0 Å². The Hall–Kier alpha value is -3.49. The van der Waals surface area contributed by atoms with Crippen molar-refractivity contribution in [1.82, 2.24) is 14.0 Å². The van der Waals surface area contributed by atoms with Gasteiger partial charge in [0.1, 0.15) is 6.54 Å². The monoisotopic (exact) mass is 434 g/mol. The number of carbonyl (C=O) groups excluding carboxylic acids is 1. The molecule has 8 heteroatoms. The number of amides is 1. The van der Waals surface area contributed by atoms with Crippen molar-refractivity contribution < 1.29 is 9.53 Å². The summed E-state index contributed by atoms with van der Waals surface area (Å²) in [6, 6.07) is 18.4. The van der Waals surface area contributed by atoms with Gasteiger partial charge in [0.2, 0.25) is 5.91 Å². The number of hydrogen-bond acceptors (Lipinski definition) is 5. The van der Waals surface area contributed by atoms with Crippen molar-refractivity contribution in [2.75, 3.05) is 31.6 Å². The summed E-state index contributed by atoms with van der Waals surface area (Å²) in [6.45, 7) is 4.13. The summed E-state index contributed by atoms with van der Waals surface area (Å²) in [5.74, 6) is -0.428. The number of anilines is 1. The summed E-state index contributed by atoms with van der Waals surface area (Å²) in [4.78, 5) is 39.8. The second-order valence-electron chi connectivity index (χ2n) is 7.77. The molecule has 8 nitrogen and oxygen atoms in total. The van der Waals surface area contributed by atoms with E-state index >= 15 is 0 Å². The van der Waals surface area contributed by atoms with Gasteiger partial charge in [-0.15, -0.1) is 0 Å². The Labute approximate surface area is 185 Å². The van der Waals surface area contributed by atoms with E-state index in [2.05, 4.69) is 10.2 Å². The minimum Gasteiger partial charge on any atom is -0.379 e. The van der Waals surface area contributed by atoms with E-state index in [0.717, 1.165) is 48.5 Å². The Balaban J connectivity index is 1.40. The van der Waals surface area contributed by atoms with Gasteiger partial charge in [-0.05, 0) is 23.3 Å². The van der Waals surface area contributed by atoms with Gasteiger partial charge in [0.15, 0.2) is 0 Å². The summed E-state index contributed by atoms with van der Waals surface area (Å²) in [6.07, 6.45) is 1.46. The molecule has 32 heavy (non-hydrogen) atoms. The van der Waals surface area contributed by atoms with Gasteiger partial charge < -0.3 is 10.1 Å². The van der Waals surface area contributed by atoms with Crippen molar-refractivity contribution in [2.24, 2.45) is 0 Å². The molecule has 3 aromatic rings.